The van der Waals surface area contributed by atoms with E-state index in [-0.39, 0.29) is 12.6 Å². The molecule has 0 saturated carbocycles. The van der Waals surface area contributed by atoms with Crippen molar-refractivity contribution in [1.29, 1.82) is 0 Å². The molecule has 1 saturated heterocycles. The summed E-state index contributed by atoms with van der Waals surface area (Å²) in [5.41, 5.74) is 0.0359. The van der Waals surface area contributed by atoms with Gasteiger partial charge in [-0.1, -0.05) is 19.1 Å². The molecule has 21 heavy (non-hydrogen) atoms. The number of nitrogens with zero attached hydrogens (tertiary/aromatic N) is 1. The van der Waals surface area contributed by atoms with Crippen LogP contribution in [0.5, 0.6) is 0 Å². The zero-order valence-corrected chi connectivity index (χ0v) is 13.7. The monoisotopic (exact) mass is 312 g/mol. The van der Waals surface area contributed by atoms with Gasteiger partial charge in [-0.2, -0.15) is 4.31 Å². The van der Waals surface area contributed by atoms with E-state index in [9.17, 15) is 13.5 Å². The highest BCUT2D eigenvalue weighted by atomic mass is 32.2. The van der Waals surface area contributed by atoms with Gasteiger partial charge in [0.25, 0.3) is 0 Å². The molecule has 0 aliphatic carbocycles. The molecule has 0 amide bonds. The Hall–Kier alpha value is -0.950. The Labute approximate surface area is 127 Å². The topological polar surface area (TPSA) is 69.6 Å². The van der Waals surface area contributed by atoms with Crippen molar-refractivity contribution in [2.45, 2.75) is 43.2 Å². The average molecular weight is 312 g/mol. The van der Waals surface area contributed by atoms with Crippen molar-refractivity contribution in [3.63, 3.8) is 0 Å². The highest BCUT2D eigenvalue weighted by Crippen LogP contribution is 2.28. The van der Waals surface area contributed by atoms with Gasteiger partial charge in [0, 0.05) is 19.1 Å². The summed E-state index contributed by atoms with van der Waals surface area (Å²) in [7, 11) is -1.67. The minimum absolute atomic E-state index is 0.141. The number of sulfonamides is 1. The van der Waals surface area contributed by atoms with Crippen LogP contribution in [0.1, 0.15) is 38.3 Å². The third-order valence-corrected chi connectivity index (χ3v) is 5.91. The van der Waals surface area contributed by atoms with E-state index in [0.29, 0.717) is 17.9 Å². The minimum atomic E-state index is -3.54. The summed E-state index contributed by atoms with van der Waals surface area (Å²) in [5, 5.41) is 13.2. The van der Waals surface area contributed by atoms with Crippen molar-refractivity contribution in [2.24, 2.45) is 0 Å². The third kappa shape index (κ3) is 3.45. The second-order valence-electron chi connectivity index (χ2n) is 5.91. The molecule has 1 heterocycles. The molecule has 5 nitrogen and oxygen atoms in total. The standard InChI is InChI=1S/C15H24N2O3S/c1-4-14(16-3)12-6-5-7-13(10-12)21(19,20)17-9-8-15(2,18)11-17/h5-7,10,14,16,18H,4,8-9,11H2,1-3H3. The molecule has 0 spiro atoms. The highest BCUT2D eigenvalue weighted by molar-refractivity contribution is 7.89. The zero-order valence-electron chi connectivity index (χ0n) is 12.8. The molecule has 1 aromatic rings. The van der Waals surface area contributed by atoms with Crippen LogP contribution < -0.4 is 5.32 Å². The normalized spacial score (nSPS) is 25.1. The number of β-amino-alcohol motifs (C(OH)–C–C–N with tert-alkyl or cyclic N) is 1. The lowest BCUT2D eigenvalue weighted by Gasteiger charge is -2.20. The largest absolute Gasteiger partial charge is 0.389 e. The average Bonchev–Trinajstić information content (AvgIpc) is 2.81. The molecule has 2 atom stereocenters. The number of benzene rings is 1. The first-order valence-corrected chi connectivity index (χ1v) is 8.74. The van der Waals surface area contributed by atoms with Gasteiger partial charge in [-0.05, 0) is 44.5 Å². The Bertz CT molecular complexity index is 595. The fourth-order valence-corrected chi connectivity index (χ4v) is 4.37. The summed E-state index contributed by atoms with van der Waals surface area (Å²) in [6, 6.07) is 7.20. The van der Waals surface area contributed by atoms with Gasteiger partial charge in [0.15, 0.2) is 0 Å². The smallest absolute Gasteiger partial charge is 0.243 e. The van der Waals surface area contributed by atoms with Crippen molar-refractivity contribution in [2.75, 3.05) is 20.1 Å². The van der Waals surface area contributed by atoms with Crippen molar-refractivity contribution >= 4 is 10.0 Å². The Kier molecular flexibility index (Phi) is 4.72. The number of hydrogen-bond donors (Lipinski definition) is 2. The zero-order chi connectivity index (χ0) is 15.7. The molecule has 1 aliphatic rings. The molecule has 2 rings (SSSR count). The molecule has 1 aromatic carbocycles. The minimum Gasteiger partial charge on any atom is -0.389 e. The molecule has 118 valence electrons. The second kappa shape index (κ2) is 6.04. The van der Waals surface area contributed by atoms with E-state index in [4.69, 9.17) is 0 Å². The molecule has 1 fully saturated rings. The van der Waals surface area contributed by atoms with Gasteiger partial charge in [-0.15, -0.1) is 0 Å². The fourth-order valence-electron chi connectivity index (χ4n) is 2.76. The van der Waals surface area contributed by atoms with Crippen LogP contribution in [-0.2, 0) is 10.0 Å². The Morgan fingerprint density at radius 1 is 1.48 bits per heavy atom. The van der Waals surface area contributed by atoms with Gasteiger partial charge < -0.3 is 10.4 Å². The lowest BCUT2D eigenvalue weighted by Crippen LogP contribution is -2.34. The van der Waals surface area contributed by atoms with Crippen molar-refractivity contribution in [1.82, 2.24) is 9.62 Å². The first-order chi connectivity index (χ1) is 9.80. The molecule has 2 unspecified atom stereocenters. The Morgan fingerprint density at radius 3 is 2.71 bits per heavy atom. The molecular formula is C15H24N2O3S. The summed E-state index contributed by atoms with van der Waals surface area (Å²) in [6.07, 6.45) is 1.36. The lowest BCUT2D eigenvalue weighted by molar-refractivity contribution is 0.0762. The van der Waals surface area contributed by atoms with Crippen molar-refractivity contribution in [3.8, 4) is 0 Å². The van der Waals surface area contributed by atoms with Gasteiger partial charge in [0.05, 0.1) is 10.5 Å². The maximum Gasteiger partial charge on any atom is 0.243 e. The molecule has 0 aromatic heterocycles. The molecule has 1 aliphatic heterocycles. The van der Waals surface area contributed by atoms with Crippen LogP contribution in [0.2, 0.25) is 0 Å². The van der Waals surface area contributed by atoms with E-state index < -0.39 is 15.6 Å². The van der Waals surface area contributed by atoms with Gasteiger partial charge in [-0.3, -0.25) is 0 Å². The summed E-state index contributed by atoms with van der Waals surface area (Å²) in [5.74, 6) is 0. The van der Waals surface area contributed by atoms with Crippen LogP contribution in [0.4, 0.5) is 0 Å². The Morgan fingerprint density at radius 2 is 2.19 bits per heavy atom. The van der Waals surface area contributed by atoms with Crippen LogP contribution in [0.15, 0.2) is 29.2 Å². The number of rotatable bonds is 5. The van der Waals surface area contributed by atoms with Crippen LogP contribution in [0.25, 0.3) is 0 Å². The van der Waals surface area contributed by atoms with E-state index in [1.165, 1.54) is 4.31 Å². The van der Waals surface area contributed by atoms with E-state index >= 15 is 0 Å². The number of nitrogens with one attached hydrogen (secondary N) is 1. The lowest BCUT2D eigenvalue weighted by atomic mass is 10.1. The number of aliphatic hydroxyl groups is 1. The van der Waals surface area contributed by atoms with E-state index in [1.54, 1.807) is 25.1 Å². The summed E-state index contributed by atoms with van der Waals surface area (Å²) in [6.45, 7) is 4.25. The molecule has 0 radical (unpaired) electrons. The van der Waals surface area contributed by atoms with E-state index in [1.807, 2.05) is 13.1 Å². The van der Waals surface area contributed by atoms with Crippen molar-refractivity contribution in [3.05, 3.63) is 29.8 Å². The first-order valence-electron chi connectivity index (χ1n) is 7.30. The summed E-state index contributed by atoms with van der Waals surface area (Å²) in [4.78, 5) is 0.298. The van der Waals surface area contributed by atoms with Gasteiger partial charge in [-0.25, -0.2) is 8.42 Å². The molecule has 2 N–H and O–H groups in total. The molecule has 6 heteroatoms. The van der Waals surface area contributed by atoms with Crippen LogP contribution in [0, 0.1) is 0 Å². The first kappa shape index (κ1) is 16.4. The third-order valence-electron chi connectivity index (χ3n) is 4.07. The van der Waals surface area contributed by atoms with Crippen molar-refractivity contribution < 1.29 is 13.5 Å². The summed E-state index contributed by atoms with van der Waals surface area (Å²) < 4.78 is 26.7. The SMILES string of the molecule is CCC(NC)c1cccc(S(=O)(=O)N2CCC(C)(O)C2)c1. The van der Waals surface area contributed by atoms with Gasteiger partial charge >= 0.3 is 0 Å². The summed E-state index contributed by atoms with van der Waals surface area (Å²) >= 11 is 0. The second-order valence-corrected chi connectivity index (χ2v) is 7.85. The van der Waals surface area contributed by atoms with E-state index in [2.05, 4.69) is 12.2 Å². The number of hydrogen-bond acceptors (Lipinski definition) is 4. The van der Waals surface area contributed by atoms with E-state index in [0.717, 1.165) is 12.0 Å². The van der Waals surface area contributed by atoms with Crippen LogP contribution in [0.3, 0.4) is 0 Å². The maximum absolute atomic E-state index is 12.7. The highest BCUT2D eigenvalue weighted by Gasteiger charge is 2.38. The maximum atomic E-state index is 12.7. The van der Waals surface area contributed by atoms with Crippen LogP contribution >= 0.6 is 0 Å². The predicted octanol–water partition coefficient (Wildman–Crippen LogP) is 1.50. The molecular weight excluding hydrogens is 288 g/mol. The molecule has 0 bridgehead atoms. The quantitative estimate of drug-likeness (QED) is 0.864. The predicted molar refractivity (Wildman–Crippen MR) is 82.5 cm³/mol. The van der Waals surface area contributed by atoms with Crippen LogP contribution in [-0.4, -0.2) is 43.6 Å². The Balaban J connectivity index is 2.31. The van der Waals surface area contributed by atoms with Gasteiger partial charge in [0.1, 0.15) is 0 Å². The fraction of sp³-hybridized carbons (Fsp3) is 0.600. The van der Waals surface area contributed by atoms with Gasteiger partial charge in [0.2, 0.25) is 10.0 Å².